The van der Waals surface area contributed by atoms with Gasteiger partial charge in [-0.05, 0) is 18.9 Å². The van der Waals surface area contributed by atoms with Crippen LogP contribution in [0, 0.1) is 0 Å². The van der Waals surface area contributed by atoms with Gasteiger partial charge in [0.2, 0.25) is 6.08 Å². The van der Waals surface area contributed by atoms with Gasteiger partial charge < -0.3 is 4.42 Å². The van der Waals surface area contributed by atoms with E-state index in [2.05, 4.69) is 9.98 Å². The first-order valence-corrected chi connectivity index (χ1v) is 5.77. The number of aliphatic imine (C=N–C) groups is 1. The Labute approximate surface area is 98.4 Å². The SMILES string of the molecule is O=C=NC1(c2cccc3ncoc23)CCCC1. The summed E-state index contributed by atoms with van der Waals surface area (Å²) in [4.78, 5) is 18.9. The average Bonchev–Trinajstić information content (AvgIpc) is 2.97. The zero-order valence-electron chi connectivity index (χ0n) is 9.35. The number of benzene rings is 1. The monoisotopic (exact) mass is 228 g/mol. The number of isocyanates is 1. The van der Waals surface area contributed by atoms with Crippen molar-refractivity contribution >= 4 is 17.2 Å². The van der Waals surface area contributed by atoms with Gasteiger partial charge in [-0.15, -0.1) is 0 Å². The number of para-hydroxylation sites is 1. The molecule has 0 saturated heterocycles. The van der Waals surface area contributed by atoms with Gasteiger partial charge in [-0.3, -0.25) is 0 Å². The Morgan fingerprint density at radius 1 is 1.35 bits per heavy atom. The lowest BCUT2D eigenvalue weighted by atomic mass is 9.88. The Hall–Kier alpha value is -1.93. The van der Waals surface area contributed by atoms with Gasteiger partial charge in [0.05, 0.1) is 0 Å². The Bertz CT molecular complexity index is 590. The molecule has 1 fully saturated rings. The summed E-state index contributed by atoms with van der Waals surface area (Å²) in [6.07, 6.45) is 7.06. The fraction of sp³-hybridized carbons (Fsp3) is 0.385. The zero-order chi connectivity index (χ0) is 11.7. The molecule has 1 heterocycles. The van der Waals surface area contributed by atoms with Crippen molar-refractivity contribution in [2.45, 2.75) is 31.2 Å². The van der Waals surface area contributed by atoms with Crippen molar-refractivity contribution in [1.82, 2.24) is 4.98 Å². The molecule has 1 aromatic heterocycles. The van der Waals surface area contributed by atoms with Gasteiger partial charge in [0.15, 0.2) is 12.0 Å². The van der Waals surface area contributed by atoms with Crippen LogP contribution >= 0.6 is 0 Å². The molecular formula is C13H12N2O2. The minimum atomic E-state index is -0.444. The molecule has 0 radical (unpaired) electrons. The summed E-state index contributed by atoms with van der Waals surface area (Å²) in [7, 11) is 0. The van der Waals surface area contributed by atoms with Crippen LogP contribution in [0.2, 0.25) is 0 Å². The smallest absolute Gasteiger partial charge is 0.235 e. The Morgan fingerprint density at radius 2 is 2.18 bits per heavy atom. The number of nitrogens with zero attached hydrogens (tertiary/aromatic N) is 2. The predicted molar refractivity (Wildman–Crippen MR) is 62.3 cm³/mol. The summed E-state index contributed by atoms with van der Waals surface area (Å²) in [6.45, 7) is 0. The van der Waals surface area contributed by atoms with Gasteiger partial charge in [-0.2, -0.15) is 4.99 Å². The second-order valence-electron chi connectivity index (χ2n) is 4.45. The fourth-order valence-electron chi connectivity index (χ4n) is 2.74. The van der Waals surface area contributed by atoms with Crippen molar-refractivity contribution < 1.29 is 9.21 Å². The molecule has 0 bridgehead atoms. The van der Waals surface area contributed by atoms with Gasteiger partial charge in [0, 0.05) is 5.56 Å². The summed E-state index contributed by atoms with van der Waals surface area (Å²) in [5.41, 5.74) is 2.08. The van der Waals surface area contributed by atoms with Crippen molar-refractivity contribution in [2.75, 3.05) is 0 Å². The van der Waals surface area contributed by atoms with Crippen LogP contribution in [-0.4, -0.2) is 11.1 Å². The van der Waals surface area contributed by atoms with Crippen molar-refractivity contribution in [3.8, 4) is 0 Å². The van der Waals surface area contributed by atoms with E-state index in [1.165, 1.54) is 6.39 Å². The first-order valence-electron chi connectivity index (χ1n) is 5.77. The molecule has 1 aliphatic carbocycles. The van der Waals surface area contributed by atoms with E-state index in [1.54, 1.807) is 6.08 Å². The molecule has 0 N–H and O–H groups in total. The van der Waals surface area contributed by atoms with E-state index in [9.17, 15) is 4.79 Å². The van der Waals surface area contributed by atoms with E-state index in [1.807, 2.05) is 18.2 Å². The lowest BCUT2D eigenvalue weighted by Gasteiger charge is -2.22. The summed E-state index contributed by atoms with van der Waals surface area (Å²) < 4.78 is 5.43. The van der Waals surface area contributed by atoms with Crippen LogP contribution in [0.1, 0.15) is 31.2 Å². The molecule has 0 spiro atoms. The van der Waals surface area contributed by atoms with Crippen LogP contribution in [0.5, 0.6) is 0 Å². The van der Waals surface area contributed by atoms with Gasteiger partial charge in [-0.25, -0.2) is 9.78 Å². The highest BCUT2D eigenvalue weighted by molar-refractivity contribution is 5.77. The molecule has 3 rings (SSSR count). The standard InChI is InChI=1S/C13H12N2O2/c16-8-15-13(6-1-2-7-13)10-4-3-5-11-12(10)17-9-14-11/h3-5,9H,1-2,6-7H2. The number of rotatable bonds is 2. The van der Waals surface area contributed by atoms with Crippen LogP contribution in [0.4, 0.5) is 0 Å². The number of hydrogen-bond acceptors (Lipinski definition) is 4. The number of carbonyl (C=O) groups excluding carboxylic acids is 1. The molecule has 0 aliphatic heterocycles. The van der Waals surface area contributed by atoms with Crippen LogP contribution in [0.3, 0.4) is 0 Å². The molecular weight excluding hydrogens is 216 g/mol. The number of fused-ring (bicyclic) bond motifs is 1. The Kier molecular flexibility index (Phi) is 2.30. The summed E-state index contributed by atoms with van der Waals surface area (Å²) in [6, 6.07) is 5.80. The Balaban J connectivity index is 2.25. The van der Waals surface area contributed by atoms with E-state index in [-0.39, 0.29) is 0 Å². The lowest BCUT2D eigenvalue weighted by Crippen LogP contribution is -2.19. The number of aromatic nitrogens is 1. The summed E-state index contributed by atoms with van der Waals surface area (Å²) >= 11 is 0. The maximum atomic E-state index is 10.7. The highest BCUT2D eigenvalue weighted by Gasteiger charge is 2.37. The molecule has 17 heavy (non-hydrogen) atoms. The van der Waals surface area contributed by atoms with Gasteiger partial charge in [0.1, 0.15) is 11.1 Å². The van der Waals surface area contributed by atoms with Crippen LogP contribution in [0.25, 0.3) is 11.1 Å². The van der Waals surface area contributed by atoms with E-state index >= 15 is 0 Å². The molecule has 1 aromatic carbocycles. The van der Waals surface area contributed by atoms with E-state index in [0.29, 0.717) is 0 Å². The van der Waals surface area contributed by atoms with E-state index in [0.717, 1.165) is 42.3 Å². The molecule has 4 heteroatoms. The zero-order valence-corrected chi connectivity index (χ0v) is 9.35. The van der Waals surface area contributed by atoms with Crippen molar-refractivity contribution in [3.05, 3.63) is 30.2 Å². The van der Waals surface area contributed by atoms with Crippen molar-refractivity contribution in [3.63, 3.8) is 0 Å². The maximum absolute atomic E-state index is 10.7. The largest absolute Gasteiger partial charge is 0.443 e. The Morgan fingerprint density at radius 3 is 2.94 bits per heavy atom. The van der Waals surface area contributed by atoms with Crippen LogP contribution in [0.15, 0.2) is 34.0 Å². The summed E-state index contributed by atoms with van der Waals surface area (Å²) in [5, 5.41) is 0. The second-order valence-corrected chi connectivity index (χ2v) is 4.45. The van der Waals surface area contributed by atoms with Gasteiger partial charge in [0.25, 0.3) is 0 Å². The maximum Gasteiger partial charge on any atom is 0.235 e. The molecule has 2 aromatic rings. The first kappa shape index (κ1) is 10.2. The highest BCUT2D eigenvalue weighted by Crippen LogP contribution is 2.44. The summed E-state index contributed by atoms with van der Waals surface area (Å²) in [5.74, 6) is 0. The number of oxazole rings is 1. The average molecular weight is 228 g/mol. The van der Waals surface area contributed by atoms with Crippen molar-refractivity contribution in [1.29, 1.82) is 0 Å². The third kappa shape index (κ3) is 1.49. The fourth-order valence-corrected chi connectivity index (χ4v) is 2.74. The van der Waals surface area contributed by atoms with E-state index < -0.39 is 5.54 Å². The van der Waals surface area contributed by atoms with Crippen LogP contribution < -0.4 is 0 Å². The minimum Gasteiger partial charge on any atom is -0.443 e. The third-order valence-corrected chi connectivity index (χ3v) is 3.55. The predicted octanol–water partition coefficient (Wildman–Crippen LogP) is 2.93. The van der Waals surface area contributed by atoms with Crippen molar-refractivity contribution in [2.24, 2.45) is 4.99 Å². The van der Waals surface area contributed by atoms with Crippen LogP contribution in [-0.2, 0) is 10.3 Å². The molecule has 4 nitrogen and oxygen atoms in total. The van der Waals surface area contributed by atoms with E-state index in [4.69, 9.17) is 4.42 Å². The first-order chi connectivity index (χ1) is 8.36. The topological polar surface area (TPSA) is 55.5 Å². The van der Waals surface area contributed by atoms with Gasteiger partial charge >= 0.3 is 0 Å². The second kappa shape index (κ2) is 3.82. The lowest BCUT2D eigenvalue weighted by molar-refractivity contribution is 0.451. The number of hydrogen-bond donors (Lipinski definition) is 0. The van der Waals surface area contributed by atoms with Gasteiger partial charge in [-0.1, -0.05) is 25.0 Å². The normalized spacial score (nSPS) is 18.1. The molecule has 0 unspecified atom stereocenters. The quantitative estimate of drug-likeness (QED) is 0.586. The highest BCUT2D eigenvalue weighted by atomic mass is 16.3. The third-order valence-electron chi connectivity index (χ3n) is 3.55. The molecule has 1 saturated carbocycles. The minimum absolute atomic E-state index is 0.444. The molecule has 0 amide bonds. The molecule has 0 atom stereocenters. The molecule has 86 valence electrons. The molecule has 1 aliphatic rings.